The summed E-state index contributed by atoms with van der Waals surface area (Å²) in [4.78, 5) is 4.34. The van der Waals surface area contributed by atoms with E-state index in [-0.39, 0.29) is 0 Å². The van der Waals surface area contributed by atoms with Gasteiger partial charge >= 0.3 is 0 Å². The number of fused-ring (bicyclic) bond motifs is 2. The first-order valence-corrected chi connectivity index (χ1v) is 5.50. The third-order valence-corrected chi connectivity index (χ3v) is 3.29. The molecule has 1 aromatic carbocycles. The molecular formula is C11H10N2S. The highest BCUT2D eigenvalue weighted by molar-refractivity contribution is 7.14. The zero-order valence-electron chi connectivity index (χ0n) is 7.87. The first-order chi connectivity index (χ1) is 6.83. The van der Waals surface area contributed by atoms with Crippen molar-refractivity contribution in [1.82, 2.24) is 4.98 Å². The maximum Gasteiger partial charge on any atom is 0.116 e. The second kappa shape index (κ2) is 2.82. The monoisotopic (exact) mass is 202 g/mol. The van der Waals surface area contributed by atoms with Gasteiger partial charge in [-0.05, 0) is 18.6 Å². The van der Waals surface area contributed by atoms with Gasteiger partial charge in [0.1, 0.15) is 5.00 Å². The molecule has 2 nitrogen and oxygen atoms in total. The van der Waals surface area contributed by atoms with Crippen molar-refractivity contribution in [3.8, 4) is 0 Å². The highest BCUT2D eigenvalue weighted by Crippen LogP contribution is 2.34. The molecule has 2 heterocycles. The van der Waals surface area contributed by atoms with Crippen LogP contribution in [0.15, 0.2) is 23.7 Å². The molecule has 3 rings (SSSR count). The molecule has 0 atom stereocenters. The highest BCUT2D eigenvalue weighted by atomic mass is 32.1. The lowest BCUT2D eigenvalue weighted by Gasteiger charge is -2.17. The Labute approximate surface area is 86.6 Å². The Morgan fingerprint density at radius 3 is 3.29 bits per heavy atom. The van der Waals surface area contributed by atoms with Gasteiger partial charge < -0.3 is 5.32 Å². The smallest absolute Gasteiger partial charge is 0.116 e. The lowest BCUT2D eigenvalue weighted by atomic mass is 10.0. The minimum atomic E-state index is 0.961. The van der Waals surface area contributed by atoms with Crippen molar-refractivity contribution in [3.05, 3.63) is 40.5 Å². The zero-order valence-corrected chi connectivity index (χ0v) is 8.69. The Balaban J connectivity index is 2.12. The molecule has 0 unspecified atom stereocenters. The molecule has 1 N–H and O–H groups in total. The van der Waals surface area contributed by atoms with Crippen LogP contribution in [0.3, 0.4) is 0 Å². The maximum atomic E-state index is 4.34. The predicted molar refractivity (Wildman–Crippen MR) is 59.4 cm³/mol. The normalized spacial score (nSPS) is 12.9. The SMILES string of the molecule is Cc1ccc2c(c1)Cc1ncsc1N2. The Kier molecular flexibility index (Phi) is 1.61. The standard InChI is InChI=1S/C11H10N2S/c1-7-2-3-9-8(4-7)5-10-11(13-9)14-6-12-10/h2-4,6,13H,5H2,1H3. The van der Waals surface area contributed by atoms with Gasteiger partial charge in [-0.25, -0.2) is 4.98 Å². The second-order valence-electron chi connectivity index (χ2n) is 3.59. The van der Waals surface area contributed by atoms with Gasteiger partial charge in [-0.3, -0.25) is 0 Å². The summed E-state index contributed by atoms with van der Waals surface area (Å²) in [6.07, 6.45) is 0.961. The first-order valence-electron chi connectivity index (χ1n) is 4.62. The van der Waals surface area contributed by atoms with Crippen LogP contribution < -0.4 is 5.32 Å². The lowest BCUT2D eigenvalue weighted by molar-refractivity contribution is 1.08. The average Bonchev–Trinajstić information content (AvgIpc) is 2.61. The van der Waals surface area contributed by atoms with E-state index in [2.05, 4.69) is 35.4 Å². The number of nitrogens with zero attached hydrogens (tertiary/aromatic N) is 1. The van der Waals surface area contributed by atoms with Crippen LogP contribution in [0, 0.1) is 6.92 Å². The number of aryl methyl sites for hydroxylation is 1. The number of hydrogen-bond acceptors (Lipinski definition) is 3. The summed E-state index contributed by atoms with van der Waals surface area (Å²) in [6.45, 7) is 2.12. The summed E-state index contributed by atoms with van der Waals surface area (Å²) < 4.78 is 0. The quantitative estimate of drug-likeness (QED) is 0.606. The van der Waals surface area contributed by atoms with Gasteiger partial charge in [-0.2, -0.15) is 0 Å². The fourth-order valence-corrected chi connectivity index (χ4v) is 2.51. The summed E-state index contributed by atoms with van der Waals surface area (Å²) in [5.41, 5.74) is 6.96. The van der Waals surface area contributed by atoms with Gasteiger partial charge in [-0.15, -0.1) is 11.3 Å². The molecule has 1 aromatic heterocycles. The molecule has 0 radical (unpaired) electrons. The fourth-order valence-electron chi connectivity index (χ4n) is 1.79. The summed E-state index contributed by atoms with van der Waals surface area (Å²) in [7, 11) is 0. The number of aromatic nitrogens is 1. The van der Waals surface area contributed by atoms with E-state index in [0.29, 0.717) is 0 Å². The van der Waals surface area contributed by atoms with Crippen LogP contribution in [0.4, 0.5) is 10.7 Å². The molecule has 0 spiro atoms. The molecule has 0 bridgehead atoms. The molecule has 1 aliphatic heterocycles. The van der Waals surface area contributed by atoms with E-state index in [1.54, 1.807) is 11.3 Å². The topological polar surface area (TPSA) is 24.9 Å². The number of anilines is 2. The number of thiazole rings is 1. The number of benzene rings is 1. The summed E-state index contributed by atoms with van der Waals surface area (Å²) in [5, 5.41) is 4.60. The van der Waals surface area contributed by atoms with Crippen molar-refractivity contribution in [2.45, 2.75) is 13.3 Å². The van der Waals surface area contributed by atoms with E-state index >= 15 is 0 Å². The highest BCUT2D eigenvalue weighted by Gasteiger charge is 2.16. The molecule has 0 fully saturated rings. The predicted octanol–water partition coefficient (Wildman–Crippen LogP) is 3.10. The summed E-state index contributed by atoms with van der Waals surface area (Å²) >= 11 is 1.67. The number of rotatable bonds is 0. The van der Waals surface area contributed by atoms with Crippen LogP contribution in [0.5, 0.6) is 0 Å². The van der Waals surface area contributed by atoms with Crippen molar-refractivity contribution in [2.24, 2.45) is 0 Å². The van der Waals surface area contributed by atoms with Gasteiger partial charge in [0.05, 0.1) is 11.2 Å². The van der Waals surface area contributed by atoms with Gasteiger partial charge in [0.2, 0.25) is 0 Å². The van der Waals surface area contributed by atoms with Gasteiger partial charge in [0.15, 0.2) is 0 Å². The molecule has 3 heteroatoms. The van der Waals surface area contributed by atoms with E-state index < -0.39 is 0 Å². The molecule has 0 amide bonds. The molecule has 2 aromatic rings. The maximum absolute atomic E-state index is 4.34. The van der Waals surface area contributed by atoms with Gasteiger partial charge in [0, 0.05) is 12.1 Å². The minimum absolute atomic E-state index is 0.961. The second-order valence-corrected chi connectivity index (χ2v) is 4.45. The average molecular weight is 202 g/mol. The van der Waals surface area contributed by atoms with E-state index in [1.807, 2.05) is 5.51 Å². The van der Waals surface area contributed by atoms with E-state index in [9.17, 15) is 0 Å². The summed E-state index contributed by atoms with van der Waals surface area (Å²) in [6, 6.07) is 6.51. The zero-order chi connectivity index (χ0) is 9.54. The largest absolute Gasteiger partial charge is 0.345 e. The molecule has 0 saturated heterocycles. The fraction of sp³-hybridized carbons (Fsp3) is 0.182. The third-order valence-electron chi connectivity index (χ3n) is 2.51. The Morgan fingerprint density at radius 2 is 2.36 bits per heavy atom. The van der Waals surface area contributed by atoms with Gasteiger partial charge in [0.25, 0.3) is 0 Å². The third kappa shape index (κ3) is 1.13. The molecule has 0 aliphatic carbocycles. The Morgan fingerprint density at radius 1 is 1.43 bits per heavy atom. The van der Waals surface area contributed by atoms with Crippen molar-refractivity contribution < 1.29 is 0 Å². The molecule has 14 heavy (non-hydrogen) atoms. The molecule has 0 saturated carbocycles. The Hall–Kier alpha value is -1.35. The molecule has 70 valence electrons. The van der Waals surface area contributed by atoms with E-state index in [4.69, 9.17) is 0 Å². The number of hydrogen-bond donors (Lipinski definition) is 1. The number of nitrogens with one attached hydrogen (secondary N) is 1. The van der Waals surface area contributed by atoms with Crippen molar-refractivity contribution in [1.29, 1.82) is 0 Å². The van der Waals surface area contributed by atoms with Gasteiger partial charge in [-0.1, -0.05) is 17.7 Å². The Bertz CT molecular complexity index is 488. The van der Waals surface area contributed by atoms with Crippen LogP contribution in [-0.4, -0.2) is 4.98 Å². The van der Waals surface area contributed by atoms with E-state index in [0.717, 1.165) is 6.42 Å². The van der Waals surface area contributed by atoms with Crippen LogP contribution in [0.2, 0.25) is 0 Å². The lowest BCUT2D eigenvalue weighted by Crippen LogP contribution is -2.05. The van der Waals surface area contributed by atoms with Crippen LogP contribution in [0.1, 0.15) is 16.8 Å². The van der Waals surface area contributed by atoms with Crippen LogP contribution >= 0.6 is 11.3 Å². The molecular weight excluding hydrogens is 192 g/mol. The van der Waals surface area contributed by atoms with Crippen molar-refractivity contribution in [3.63, 3.8) is 0 Å². The van der Waals surface area contributed by atoms with E-state index in [1.165, 1.54) is 27.5 Å². The van der Waals surface area contributed by atoms with Crippen molar-refractivity contribution >= 4 is 22.0 Å². The summed E-state index contributed by atoms with van der Waals surface area (Å²) in [5.74, 6) is 0. The first kappa shape index (κ1) is 8.00. The van der Waals surface area contributed by atoms with Crippen LogP contribution in [-0.2, 0) is 6.42 Å². The van der Waals surface area contributed by atoms with Crippen molar-refractivity contribution in [2.75, 3.05) is 5.32 Å². The molecule has 1 aliphatic rings. The van der Waals surface area contributed by atoms with Crippen LogP contribution in [0.25, 0.3) is 0 Å². The minimum Gasteiger partial charge on any atom is -0.345 e.